The molecule has 1 saturated carbocycles. The van der Waals surface area contributed by atoms with E-state index in [1.165, 1.54) is 19.3 Å². The number of hydrogen-bond donors (Lipinski definition) is 1. The Bertz CT molecular complexity index is 388. The van der Waals surface area contributed by atoms with Gasteiger partial charge in [-0.05, 0) is 48.9 Å². The van der Waals surface area contributed by atoms with Crippen LogP contribution in [0.15, 0.2) is 22.7 Å². The van der Waals surface area contributed by atoms with E-state index in [1.54, 1.807) is 6.07 Å². The molecule has 1 aliphatic carbocycles. The lowest BCUT2D eigenvalue weighted by Crippen LogP contribution is -2.41. The van der Waals surface area contributed by atoms with Gasteiger partial charge < -0.3 is 5.32 Å². The lowest BCUT2D eigenvalue weighted by molar-refractivity contribution is 0.129. The number of hydrogen-bond acceptors (Lipinski definition) is 1. The van der Waals surface area contributed by atoms with E-state index < -0.39 is 0 Å². The lowest BCUT2D eigenvalue weighted by atomic mass is 9.65. The summed E-state index contributed by atoms with van der Waals surface area (Å²) in [5.74, 6) is -0.0813. The fourth-order valence-electron chi connectivity index (χ4n) is 2.55. The Morgan fingerprint density at radius 2 is 2.18 bits per heavy atom. The molecule has 0 saturated heterocycles. The average Bonchev–Trinajstić information content (AvgIpc) is 2.25. The molecule has 0 atom stereocenters. The normalized spacial score (nSPS) is 17.8. The predicted octanol–water partition coefficient (Wildman–Crippen LogP) is 3.91. The van der Waals surface area contributed by atoms with Gasteiger partial charge in [-0.2, -0.15) is 0 Å². The van der Waals surface area contributed by atoms with Crippen LogP contribution in [0.25, 0.3) is 0 Å². The molecule has 0 bridgehead atoms. The quantitative estimate of drug-likeness (QED) is 0.869. The van der Waals surface area contributed by atoms with Gasteiger partial charge >= 0.3 is 0 Å². The van der Waals surface area contributed by atoms with Crippen molar-refractivity contribution >= 4 is 15.9 Å². The molecule has 1 N–H and O–H groups in total. The highest BCUT2D eigenvalue weighted by Gasteiger charge is 2.36. The van der Waals surface area contributed by atoms with Crippen LogP contribution in [0.2, 0.25) is 0 Å². The van der Waals surface area contributed by atoms with E-state index >= 15 is 0 Å². The molecule has 17 heavy (non-hydrogen) atoms. The minimum Gasteiger partial charge on any atom is -0.316 e. The minimum absolute atomic E-state index is 0.0813. The minimum atomic E-state index is -0.0813. The Balaban J connectivity index is 2.07. The summed E-state index contributed by atoms with van der Waals surface area (Å²) in [4.78, 5) is 0. The van der Waals surface area contributed by atoms with E-state index in [9.17, 15) is 4.39 Å². The van der Waals surface area contributed by atoms with Gasteiger partial charge in [0.25, 0.3) is 0 Å². The van der Waals surface area contributed by atoms with Crippen molar-refractivity contribution in [2.45, 2.75) is 32.6 Å². The summed E-state index contributed by atoms with van der Waals surface area (Å²) in [6.07, 6.45) is 4.58. The van der Waals surface area contributed by atoms with Crippen LogP contribution in [-0.4, -0.2) is 13.1 Å². The van der Waals surface area contributed by atoms with Gasteiger partial charge in [-0.15, -0.1) is 0 Å². The summed E-state index contributed by atoms with van der Waals surface area (Å²) < 4.78 is 14.6. The molecule has 94 valence electrons. The van der Waals surface area contributed by atoms with Crippen molar-refractivity contribution < 1.29 is 4.39 Å². The molecule has 0 heterocycles. The molecule has 3 heteroatoms. The number of halogens is 2. The van der Waals surface area contributed by atoms with Crippen molar-refractivity contribution in [2.24, 2.45) is 5.41 Å². The zero-order valence-electron chi connectivity index (χ0n) is 10.2. The van der Waals surface area contributed by atoms with E-state index in [0.29, 0.717) is 5.41 Å². The van der Waals surface area contributed by atoms with Crippen molar-refractivity contribution in [1.29, 1.82) is 0 Å². The maximum Gasteiger partial charge on any atom is 0.127 e. The highest BCUT2D eigenvalue weighted by Crippen LogP contribution is 2.43. The Morgan fingerprint density at radius 3 is 2.71 bits per heavy atom. The predicted molar refractivity (Wildman–Crippen MR) is 72.6 cm³/mol. The lowest BCUT2D eigenvalue weighted by Gasteiger charge is -2.42. The molecule has 1 fully saturated rings. The smallest absolute Gasteiger partial charge is 0.127 e. The van der Waals surface area contributed by atoms with Gasteiger partial charge in [-0.3, -0.25) is 0 Å². The summed E-state index contributed by atoms with van der Waals surface area (Å²) in [5, 5.41) is 3.41. The van der Waals surface area contributed by atoms with E-state index in [1.807, 2.05) is 12.1 Å². The summed E-state index contributed by atoms with van der Waals surface area (Å²) >= 11 is 3.30. The maximum atomic E-state index is 13.8. The van der Waals surface area contributed by atoms with Crippen LogP contribution < -0.4 is 5.32 Å². The van der Waals surface area contributed by atoms with Gasteiger partial charge in [0, 0.05) is 11.0 Å². The van der Waals surface area contributed by atoms with Gasteiger partial charge in [-0.1, -0.05) is 35.3 Å². The van der Waals surface area contributed by atoms with Crippen LogP contribution in [0.1, 0.15) is 31.7 Å². The van der Waals surface area contributed by atoms with Crippen molar-refractivity contribution in [2.75, 3.05) is 13.1 Å². The van der Waals surface area contributed by atoms with Crippen LogP contribution in [0, 0.1) is 11.2 Å². The second kappa shape index (κ2) is 5.49. The van der Waals surface area contributed by atoms with Gasteiger partial charge in [0.15, 0.2) is 0 Å². The first kappa shape index (κ1) is 13.0. The number of nitrogens with one attached hydrogen (secondary N) is 1. The standard InChI is InChI=1S/C14H19BrFN/c1-2-17-10-14(6-3-7-14)9-11-4-5-12(15)8-13(11)16/h4-5,8,17H,2-3,6-7,9-10H2,1H3. The van der Waals surface area contributed by atoms with Crippen LogP contribution in [-0.2, 0) is 6.42 Å². The summed E-state index contributed by atoms with van der Waals surface area (Å²) in [6, 6.07) is 5.40. The highest BCUT2D eigenvalue weighted by molar-refractivity contribution is 9.10. The molecule has 0 aromatic heterocycles. The molecule has 0 radical (unpaired) electrons. The first-order chi connectivity index (χ1) is 8.15. The van der Waals surface area contributed by atoms with Gasteiger partial charge in [0.1, 0.15) is 5.82 Å². The maximum absolute atomic E-state index is 13.8. The third-order valence-corrected chi connectivity index (χ3v) is 4.24. The van der Waals surface area contributed by atoms with Crippen molar-refractivity contribution in [3.8, 4) is 0 Å². The zero-order valence-corrected chi connectivity index (χ0v) is 11.8. The molecule has 1 aromatic rings. The summed E-state index contributed by atoms with van der Waals surface area (Å²) in [6.45, 7) is 4.12. The number of benzene rings is 1. The Hall–Kier alpha value is -0.410. The van der Waals surface area contributed by atoms with E-state index in [0.717, 1.165) is 29.5 Å². The first-order valence-corrected chi connectivity index (χ1v) is 7.09. The fourth-order valence-corrected chi connectivity index (χ4v) is 2.89. The second-order valence-corrected chi connectivity index (χ2v) is 5.96. The van der Waals surface area contributed by atoms with Crippen LogP contribution in [0.4, 0.5) is 4.39 Å². The molecular weight excluding hydrogens is 281 g/mol. The average molecular weight is 300 g/mol. The topological polar surface area (TPSA) is 12.0 Å². The van der Waals surface area contributed by atoms with Gasteiger partial charge in [0.2, 0.25) is 0 Å². The van der Waals surface area contributed by atoms with Crippen LogP contribution in [0.5, 0.6) is 0 Å². The Morgan fingerprint density at radius 1 is 1.41 bits per heavy atom. The Labute approximate surface area is 111 Å². The molecule has 0 aliphatic heterocycles. The highest BCUT2D eigenvalue weighted by atomic mass is 79.9. The SMILES string of the molecule is CCNCC1(Cc2ccc(Br)cc2F)CCC1. The van der Waals surface area contributed by atoms with E-state index in [2.05, 4.69) is 28.2 Å². The number of rotatable bonds is 5. The second-order valence-electron chi connectivity index (χ2n) is 5.05. The Kier molecular flexibility index (Phi) is 4.21. The summed E-state index contributed by atoms with van der Waals surface area (Å²) in [5.41, 5.74) is 1.15. The third kappa shape index (κ3) is 3.08. The van der Waals surface area contributed by atoms with Crippen molar-refractivity contribution in [3.63, 3.8) is 0 Å². The molecule has 0 spiro atoms. The van der Waals surface area contributed by atoms with E-state index in [-0.39, 0.29) is 5.82 Å². The van der Waals surface area contributed by atoms with Gasteiger partial charge in [0.05, 0.1) is 0 Å². The first-order valence-electron chi connectivity index (χ1n) is 6.30. The molecular formula is C14H19BrFN. The van der Waals surface area contributed by atoms with Crippen molar-refractivity contribution in [1.82, 2.24) is 5.32 Å². The molecule has 0 amide bonds. The summed E-state index contributed by atoms with van der Waals surface area (Å²) in [7, 11) is 0. The van der Waals surface area contributed by atoms with E-state index in [4.69, 9.17) is 0 Å². The molecule has 2 rings (SSSR count). The van der Waals surface area contributed by atoms with Crippen LogP contribution >= 0.6 is 15.9 Å². The molecule has 1 aromatic carbocycles. The van der Waals surface area contributed by atoms with Crippen molar-refractivity contribution in [3.05, 3.63) is 34.1 Å². The molecule has 0 unspecified atom stereocenters. The van der Waals surface area contributed by atoms with Gasteiger partial charge in [-0.25, -0.2) is 4.39 Å². The molecule has 1 aliphatic rings. The zero-order chi connectivity index (χ0) is 12.3. The third-order valence-electron chi connectivity index (χ3n) is 3.74. The largest absolute Gasteiger partial charge is 0.316 e. The monoisotopic (exact) mass is 299 g/mol. The van der Waals surface area contributed by atoms with Crippen LogP contribution in [0.3, 0.4) is 0 Å². The fraction of sp³-hybridized carbons (Fsp3) is 0.571. The molecule has 1 nitrogen and oxygen atoms in total.